The van der Waals surface area contributed by atoms with Gasteiger partial charge < -0.3 is 5.32 Å². The second-order valence-electron chi connectivity index (χ2n) is 4.94. The summed E-state index contributed by atoms with van der Waals surface area (Å²) in [5, 5.41) is 2.63. The first-order valence-electron chi connectivity index (χ1n) is 6.30. The van der Waals surface area contributed by atoms with E-state index < -0.39 is 11.6 Å². The zero-order valence-electron chi connectivity index (χ0n) is 11.3. The molecule has 1 unspecified atom stereocenters. The van der Waals surface area contributed by atoms with E-state index in [1.807, 2.05) is 19.1 Å². The highest BCUT2D eigenvalue weighted by molar-refractivity contribution is 14.1. The number of carbonyl (C=O) groups is 3. The van der Waals surface area contributed by atoms with E-state index in [1.165, 1.54) is 0 Å². The summed E-state index contributed by atoms with van der Waals surface area (Å²) >= 11 is 2.15. The van der Waals surface area contributed by atoms with Crippen LogP contribution in [-0.2, 0) is 4.79 Å². The summed E-state index contributed by atoms with van der Waals surface area (Å²) in [5.74, 6) is -0.589. The van der Waals surface area contributed by atoms with Crippen LogP contribution in [0.4, 0.5) is 4.79 Å². The fourth-order valence-electron chi connectivity index (χ4n) is 2.00. The van der Waals surface area contributed by atoms with Gasteiger partial charge in [-0.05, 0) is 48.1 Å². The number of nitrogens with zero attached hydrogens (tertiary/aromatic N) is 1. The highest BCUT2D eigenvalue weighted by Crippen LogP contribution is 2.21. The van der Waals surface area contributed by atoms with Gasteiger partial charge in [0, 0.05) is 9.13 Å². The average molecular weight is 386 g/mol. The van der Waals surface area contributed by atoms with Crippen molar-refractivity contribution in [3.05, 3.63) is 33.4 Å². The Kier molecular flexibility index (Phi) is 4.12. The summed E-state index contributed by atoms with van der Waals surface area (Å²) in [6.45, 7) is 3.27. The molecule has 3 amide bonds. The molecule has 1 fully saturated rings. The van der Waals surface area contributed by atoms with Crippen LogP contribution in [0.25, 0.3) is 0 Å². The third-order valence-electron chi connectivity index (χ3n) is 3.52. The average Bonchev–Trinajstić information content (AvgIpc) is 2.64. The molecule has 0 aliphatic carbocycles. The molecular weight excluding hydrogens is 371 g/mol. The van der Waals surface area contributed by atoms with Crippen LogP contribution in [0, 0.1) is 3.57 Å². The van der Waals surface area contributed by atoms with Crippen LogP contribution in [0.5, 0.6) is 0 Å². The number of imide groups is 1. The molecule has 1 atom stereocenters. The molecule has 0 bridgehead atoms. The first kappa shape index (κ1) is 15.0. The molecule has 20 heavy (non-hydrogen) atoms. The lowest BCUT2D eigenvalue weighted by atomic mass is 9.99. The van der Waals surface area contributed by atoms with Gasteiger partial charge >= 0.3 is 6.03 Å². The van der Waals surface area contributed by atoms with Gasteiger partial charge in [-0.2, -0.15) is 0 Å². The third kappa shape index (κ3) is 2.70. The van der Waals surface area contributed by atoms with Crippen molar-refractivity contribution in [2.75, 3.05) is 6.54 Å². The monoisotopic (exact) mass is 386 g/mol. The first-order valence-corrected chi connectivity index (χ1v) is 7.38. The minimum atomic E-state index is -0.899. The normalized spacial score (nSPS) is 22.1. The summed E-state index contributed by atoms with van der Waals surface area (Å²) in [7, 11) is 0. The molecule has 6 heteroatoms. The van der Waals surface area contributed by atoms with E-state index in [0.29, 0.717) is 12.0 Å². The van der Waals surface area contributed by atoms with Gasteiger partial charge in [-0.1, -0.05) is 19.1 Å². The maximum absolute atomic E-state index is 12.2. The van der Waals surface area contributed by atoms with Gasteiger partial charge in [0.25, 0.3) is 5.91 Å². The molecule has 2 rings (SSSR count). The van der Waals surface area contributed by atoms with Crippen LogP contribution >= 0.6 is 22.6 Å². The zero-order valence-corrected chi connectivity index (χ0v) is 13.4. The van der Waals surface area contributed by atoms with E-state index in [1.54, 1.807) is 19.1 Å². The van der Waals surface area contributed by atoms with Gasteiger partial charge in [0.15, 0.2) is 5.78 Å². The molecule has 1 saturated heterocycles. The highest BCUT2D eigenvalue weighted by atomic mass is 127. The van der Waals surface area contributed by atoms with Gasteiger partial charge in [0.05, 0.1) is 6.54 Å². The Morgan fingerprint density at radius 1 is 1.30 bits per heavy atom. The summed E-state index contributed by atoms with van der Waals surface area (Å²) in [6.07, 6.45) is 0.492. The number of Topliss-reactive ketones (excluding diaryl/α,β-unsaturated/α-hetero) is 1. The van der Waals surface area contributed by atoms with Crippen molar-refractivity contribution < 1.29 is 14.4 Å². The Morgan fingerprint density at radius 2 is 1.90 bits per heavy atom. The van der Waals surface area contributed by atoms with E-state index in [9.17, 15) is 14.4 Å². The standard InChI is InChI=1S/C14H15IN2O3/c1-3-14(2)12(19)17(13(20)16-14)8-11(18)9-4-6-10(15)7-5-9/h4-7H,3,8H2,1-2H3,(H,16,20). The number of ketones is 1. The van der Waals surface area contributed by atoms with Gasteiger partial charge in [0.1, 0.15) is 5.54 Å². The van der Waals surface area contributed by atoms with Crippen molar-refractivity contribution in [1.82, 2.24) is 10.2 Å². The molecule has 0 radical (unpaired) electrons. The molecule has 1 heterocycles. The quantitative estimate of drug-likeness (QED) is 0.490. The molecule has 1 N–H and O–H groups in total. The third-order valence-corrected chi connectivity index (χ3v) is 4.24. The fourth-order valence-corrected chi connectivity index (χ4v) is 2.36. The van der Waals surface area contributed by atoms with E-state index >= 15 is 0 Å². The molecule has 106 valence electrons. The molecule has 0 saturated carbocycles. The lowest BCUT2D eigenvalue weighted by molar-refractivity contribution is -0.130. The van der Waals surface area contributed by atoms with Crippen molar-refractivity contribution in [2.24, 2.45) is 0 Å². The van der Waals surface area contributed by atoms with E-state index in [0.717, 1.165) is 8.47 Å². The second kappa shape index (κ2) is 5.51. The van der Waals surface area contributed by atoms with Crippen LogP contribution in [0.2, 0.25) is 0 Å². The van der Waals surface area contributed by atoms with Crippen LogP contribution in [0.1, 0.15) is 30.6 Å². The van der Waals surface area contributed by atoms with Crippen LogP contribution < -0.4 is 5.32 Å². The van der Waals surface area contributed by atoms with E-state index in [2.05, 4.69) is 27.9 Å². The molecule has 1 aromatic carbocycles. The number of carbonyl (C=O) groups excluding carboxylic acids is 3. The summed E-state index contributed by atoms with van der Waals surface area (Å²) in [6, 6.07) is 6.52. The molecule has 1 aliphatic heterocycles. The molecular formula is C14H15IN2O3. The highest BCUT2D eigenvalue weighted by Gasteiger charge is 2.46. The van der Waals surface area contributed by atoms with Gasteiger partial charge in [-0.25, -0.2) is 4.79 Å². The summed E-state index contributed by atoms with van der Waals surface area (Å²) in [5.41, 5.74) is -0.403. The van der Waals surface area contributed by atoms with Crippen molar-refractivity contribution in [2.45, 2.75) is 25.8 Å². The van der Waals surface area contributed by atoms with Gasteiger partial charge in [-0.3, -0.25) is 14.5 Å². The number of hydrogen-bond donors (Lipinski definition) is 1. The maximum atomic E-state index is 12.2. The van der Waals surface area contributed by atoms with Gasteiger partial charge in [-0.15, -0.1) is 0 Å². The predicted octanol–water partition coefficient (Wildman–Crippen LogP) is 2.19. The SMILES string of the molecule is CCC1(C)NC(=O)N(CC(=O)c2ccc(I)cc2)C1=O. The number of hydrogen-bond acceptors (Lipinski definition) is 3. The summed E-state index contributed by atoms with van der Waals surface area (Å²) < 4.78 is 1.02. The fraction of sp³-hybridized carbons (Fsp3) is 0.357. The molecule has 0 aromatic heterocycles. The first-order chi connectivity index (χ1) is 9.37. The van der Waals surface area contributed by atoms with Crippen molar-refractivity contribution >= 4 is 40.3 Å². The van der Waals surface area contributed by atoms with Crippen LogP contribution in [0.3, 0.4) is 0 Å². The smallest absolute Gasteiger partial charge is 0.323 e. The molecule has 1 aromatic rings. The summed E-state index contributed by atoms with van der Waals surface area (Å²) in [4.78, 5) is 37.1. The number of amides is 3. The van der Waals surface area contributed by atoms with E-state index in [-0.39, 0.29) is 18.2 Å². The Bertz CT molecular complexity index is 570. The number of halogens is 1. The second-order valence-corrected chi connectivity index (χ2v) is 6.18. The minimum Gasteiger partial charge on any atom is -0.323 e. The van der Waals surface area contributed by atoms with E-state index in [4.69, 9.17) is 0 Å². The number of rotatable bonds is 4. The zero-order chi connectivity index (χ0) is 14.9. The van der Waals surface area contributed by atoms with Gasteiger partial charge in [0.2, 0.25) is 0 Å². The topological polar surface area (TPSA) is 66.5 Å². The number of nitrogens with one attached hydrogen (secondary N) is 1. The Balaban J connectivity index is 2.14. The largest absolute Gasteiger partial charge is 0.325 e. The van der Waals surface area contributed by atoms with Crippen molar-refractivity contribution in [3.8, 4) is 0 Å². The van der Waals surface area contributed by atoms with Crippen LogP contribution in [-0.4, -0.2) is 34.7 Å². The molecule has 1 aliphatic rings. The molecule has 5 nitrogen and oxygen atoms in total. The number of urea groups is 1. The molecule has 0 spiro atoms. The maximum Gasteiger partial charge on any atom is 0.325 e. The predicted molar refractivity (Wildman–Crippen MR) is 82.4 cm³/mol. The lowest BCUT2D eigenvalue weighted by Gasteiger charge is -2.18. The van der Waals surface area contributed by atoms with Crippen molar-refractivity contribution in [1.29, 1.82) is 0 Å². The Hall–Kier alpha value is -1.44. The lowest BCUT2D eigenvalue weighted by Crippen LogP contribution is -2.43. The van der Waals surface area contributed by atoms with Crippen molar-refractivity contribution in [3.63, 3.8) is 0 Å². The minimum absolute atomic E-state index is 0.221. The van der Waals surface area contributed by atoms with Crippen LogP contribution in [0.15, 0.2) is 24.3 Å². The number of benzene rings is 1. The Morgan fingerprint density at radius 3 is 2.40 bits per heavy atom. The Labute approximate surface area is 130 Å².